The second-order valence-electron chi connectivity index (χ2n) is 8.93. The van der Waals surface area contributed by atoms with E-state index in [0.29, 0.717) is 5.95 Å². The van der Waals surface area contributed by atoms with Crippen LogP contribution in [0.25, 0.3) is 22.2 Å². The molecule has 0 aliphatic carbocycles. The normalized spacial score (nSPS) is 15.4. The predicted octanol–water partition coefficient (Wildman–Crippen LogP) is 8.49. The SMILES string of the molecule is Cc1ccc2nc(N3N=C(c4ccc(Br)cc4)C[C@H]3c3cccc(Br)c3)nc(-c3ccccc3)c2c1. The molecule has 1 atom stereocenters. The lowest BCUT2D eigenvalue weighted by atomic mass is 9.98. The lowest BCUT2D eigenvalue weighted by Gasteiger charge is -2.23. The van der Waals surface area contributed by atoms with Crippen molar-refractivity contribution < 1.29 is 0 Å². The van der Waals surface area contributed by atoms with Crippen molar-refractivity contribution in [3.05, 3.63) is 123 Å². The Hall–Kier alpha value is -3.35. The van der Waals surface area contributed by atoms with E-state index in [4.69, 9.17) is 15.1 Å². The van der Waals surface area contributed by atoms with E-state index in [9.17, 15) is 0 Å². The first-order valence-corrected chi connectivity index (χ1v) is 13.4. The molecular weight excluding hydrogens is 576 g/mol. The quantitative estimate of drug-likeness (QED) is 0.208. The molecule has 4 nitrogen and oxygen atoms in total. The van der Waals surface area contributed by atoms with Gasteiger partial charge in [0.25, 0.3) is 0 Å². The Morgan fingerprint density at radius 1 is 0.750 bits per heavy atom. The van der Waals surface area contributed by atoms with E-state index in [1.807, 2.05) is 29.3 Å². The molecule has 6 heteroatoms. The van der Waals surface area contributed by atoms with Crippen LogP contribution in [0.2, 0.25) is 0 Å². The predicted molar refractivity (Wildman–Crippen MR) is 154 cm³/mol. The molecule has 5 aromatic rings. The minimum absolute atomic E-state index is 0.0207. The third kappa shape index (κ3) is 4.47. The van der Waals surface area contributed by atoms with E-state index in [2.05, 4.69) is 112 Å². The topological polar surface area (TPSA) is 41.4 Å². The van der Waals surface area contributed by atoms with Crippen LogP contribution in [-0.4, -0.2) is 15.7 Å². The van der Waals surface area contributed by atoms with E-state index in [0.717, 1.165) is 54.4 Å². The summed E-state index contributed by atoms with van der Waals surface area (Å²) < 4.78 is 2.09. The summed E-state index contributed by atoms with van der Waals surface area (Å²) in [7, 11) is 0. The highest BCUT2D eigenvalue weighted by Gasteiger charge is 2.32. The van der Waals surface area contributed by atoms with Gasteiger partial charge in [-0.25, -0.2) is 15.0 Å². The van der Waals surface area contributed by atoms with Gasteiger partial charge < -0.3 is 0 Å². The van der Waals surface area contributed by atoms with Gasteiger partial charge in [-0.05, 0) is 54.4 Å². The van der Waals surface area contributed by atoms with E-state index in [1.165, 1.54) is 5.56 Å². The van der Waals surface area contributed by atoms with Crippen molar-refractivity contribution in [2.24, 2.45) is 5.10 Å². The summed E-state index contributed by atoms with van der Waals surface area (Å²) in [5, 5.41) is 8.13. The Morgan fingerprint density at radius 3 is 2.33 bits per heavy atom. The molecule has 1 aromatic heterocycles. The lowest BCUT2D eigenvalue weighted by Crippen LogP contribution is -2.21. The third-order valence-electron chi connectivity index (χ3n) is 6.41. The molecule has 0 bridgehead atoms. The van der Waals surface area contributed by atoms with Gasteiger partial charge in [0.2, 0.25) is 5.95 Å². The molecule has 0 fully saturated rings. The van der Waals surface area contributed by atoms with Gasteiger partial charge in [0, 0.05) is 26.3 Å². The summed E-state index contributed by atoms with van der Waals surface area (Å²) in [6.45, 7) is 2.10. The molecule has 176 valence electrons. The van der Waals surface area contributed by atoms with Gasteiger partial charge in [-0.3, -0.25) is 0 Å². The maximum atomic E-state index is 5.12. The highest BCUT2D eigenvalue weighted by atomic mass is 79.9. The fourth-order valence-electron chi connectivity index (χ4n) is 4.63. The number of benzene rings is 4. The minimum atomic E-state index is -0.0207. The van der Waals surface area contributed by atoms with Crippen LogP contribution in [0.5, 0.6) is 0 Å². The number of rotatable bonds is 4. The number of nitrogens with zero attached hydrogens (tertiary/aromatic N) is 4. The molecule has 0 unspecified atom stereocenters. The summed E-state index contributed by atoms with van der Waals surface area (Å²) in [5.41, 5.74) is 7.34. The van der Waals surface area contributed by atoms with Crippen LogP contribution >= 0.6 is 31.9 Å². The number of fused-ring (bicyclic) bond motifs is 1. The smallest absolute Gasteiger partial charge is 0.223 e. The van der Waals surface area contributed by atoms with Gasteiger partial charge in [-0.15, -0.1) is 0 Å². The van der Waals surface area contributed by atoms with Crippen LogP contribution < -0.4 is 5.01 Å². The van der Waals surface area contributed by atoms with E-state index in [1.54, 1.807) is 0 Å². The number of hydrogen-bond donors (Lipinski definition) is 0. The average Bonchev–Trinajstić information content (AvgIpc) is 3.35. The number of anilines is 1. The molecule has 0 N–H and O–H groups in total. The molecule has 2 heterocycles. The fourth-order valence-corrected chi connectivity index (χ4v) is 5.31. The van der Waals surface area contributed by atoms with E-state index < -0.39 is 0 Å². The summed E-state index contributed by atoms with van der Waals surface area (Å²) >= 11 is 7.18. The van der Waals surface area contributed by atoms with Crippen molar-refractivity contribution in [1.82, 2.24) is 9.97 Å². The van der Waals surface area contributed by atoms with Crippen molar-refractivity contribution in [3.8, 4) is 11.3 Å². The number of aryl methyl sites for hydroxylation is 1. The van der Waals surface area contributed by atoms with Crippen LogP contribution in [0.1, 0.15) is 29.2 Å². The summed E-state index contributed by atoms with van der Waals surface area (Å²) in [6.07, 6.45) is 0.758. The standard InChI is InChI=1S/C30H22Br2N4/c1-19-10-15-26-25(16-19)29(21-6-3-2-4-7-21)34-30(33-26)36-28(22-8-5-9-24(32)17-22)18-27(35-36)20-11-13-23(31)14-12-20/h2-17,28H,18H2,1H3/t28-/m0/s1. The molecule has 0 spiro atoms. The first-order valence-electron chi connectivity index (χ1n) is 11.8. The van der Waals surface area contributed by atoms with Gasteiger partial charge >= 0.3 is 0 Å². The van der Waals surface area contributed by atoms with Gasteiger partial charge in [0.05, 0.1) is 23.0 Å². The third-order valence-corrected chi connectivity index (χ3v) is 7.43. The van der Waals surface area contributed by atoms with Crippen molar-refractivity contribution in [3.63, 3.8) is 0 Å². The highest BCUT2D eigenvalue weighted by molar-refractivity contribution is 9.10. The number of halogens is 2. The molecule has 1 aliphatic heterocycles. The van der Waals surface area contributed by atoms with Crippen LogP contribution in [0, 0.1) is 6.92 Å². The maximum Gasteiger partial charge on any atom is 0.247 e. The van der Waals surface area contributed by atoms with Crippen molar-refractivity contribution >= 4 is 54.4 Å². The van der Waals surface area contributed by atoms with Crippen LogP contribution in [-0.2, 0) is 0 Å². The zero-order valence-electron chi connectivity index (χ0n) is 19.6. The second-order valence-corrected chi connectivity index (χ2v) is 10.8. The van der Waals surface area contributed by atoms with Crippen molar-refractivity contribution in [2.75, 3.05) is 5.01 Å². The zero-order chi connectivity index (χ0) is 24.6. The van der Waals surface area contributed by atoms with Crippen LogP contribution in [0.3, 0.4) is 0 Å². The number of hydrazone groups is 1. The van der Waals surface area contributed by atoms with Crippen molar-refractivity contribution in [1.29, 1.82) is 0 Å². The number of aromatic nitrogens is 2. The Balaban J connectivity index is 1.54. The average molecular weight is 598 g/mol. The molecule has 4 aromatic carbocycles. The Morgan fingerprint density at radius 2 is 1.56 bits per heavy atom. The van der Waals surface area contributed by atoms with Gasteiger partial charge in [-0.1, -0.05) is 98.1 Å². The van der Waals surface area contributed by atoms with Crippen LogP contribution in [0.15, 0.2) is 111 Å². The number of hydrogen-bond acceptors (Lipinski definition) is 4. The summed E-state index contributed by atoms with van der Waals surface area (Å²) in [4.78, 5) is 10.1. The Bertz CT molecular complexity index is 1600. The highest BCUT2D eigenvalue weighted by Crippen LogP contribution is 2.38. The molecule has 0 saturated heterocycles. The molecule has 0 amide bonds. The zero-order valence-corrected chi connectivity index (χ0v) is 22.7. The largest absolute Gasteiger partial charge is 0.247 e. The lowest BCUT2D eigenvalue weighted by molar-refractivity contribution is 0.688. The molecular formula is C30H22Br2N4. The van der Waals surface area contributed by atoms with E-state index >= 15 is 0 Å². The Labute approximate surface area is 227 Å². The molecule has 36 heavy (non-hydrogen) atoms. The molecule has 6 rings (SSSR count). The maximum absolute atomic E-state index is 5.12. The summed E-state index contributed by atoms with van der Waals surface area (Å²) in [6, 6.07) is 33.3. The molecule has 0 saturated carbocycles. The van der Waals surface area contributed by atoms with Gasteiger partial charge in [0.15, 0.2) is 0 Å². The Kier molecular flexibility index (Phi) is 6.15. The monoisotopic (exact) mass is 596 g/mol. The van der Waals surface area contributed by atoms with Crippen LogP contribution in [0.4, 0.5) is 5.95 Å². The second kappa shape index (κ2) is 9.60. The van der Waals surface area contributed by atoms with Crippen molar-refractivity contribution in [2.45, 2.75) is 19.4 Å². The minimum Gasteiger partial charge on any atom is -0.223 e. The van der Waals surface area contributed by atoms with E-state index in [-0.39, 0.29) is 6.04 Å². The molecule has 0 radical (unpaired) electrons. The van der Waals surface area contributed by atoms with Gasteiger partial charge in [0.1, 0.15) is 0 Å². The van der Waals surface area contributed by atoms with Gasteiger partial charge in [-0.2, -0.15) is 5.10 Å². The summed E-state index contributed by atoms with van der Waals surface area (Å²) in [5.74, 6) is 0.599. The molecule has 1 aliphatic rings. The first-order chi connectivity index (χ1) is 17.5. The first kappa shape index (κ1) is 23.1. The fraction of sp³-hybridized carbons (Fsp3) is 0.100.